The molecule has 0 saturated heterocycles. The molecule has 5 N–H and O–H groups in total. The Morgan fingerprint density at radius 1 is 0.797 bits per heavy atom. The number of halogens is 4. The molecule has 1 aliphatic carbocycles. The number of nitrogens with zero attached hydrogens (tertiary/aromatic N) is 3. The van der Waals surface area contributed by atoms with Crippen molar-refractivity contribution in [3.63, 3.8) is 0 Å². The number of carbonyl (C=O) groups excluding carboxylic acids is 4. The summed E-state index contributed by atoms with van der Waals surface area (Å²) >= 11 is 6.03. The largest absolute Gasteiger partial charge is 0.489 e. The molecule has 0 spiro atoms. The van der Waals surface area contributed by atoms with Crippen molar-refractivity contribution in [3.8, 4) is 11.8 Å². The molecule has 15 nitrogen and oxygen atoms in total. The van der Waals surface area contributed by atoms with Crippen LogP contribution in [-0.2, 0) is 31.3 Å². The number of benzene rings is 4. The second kappa shape index (κ2) is 18.5. The lowest BCUT2D eigenvalue weighted by molar-refractivity contribution is -0.154. The molecule has 306 valence electrons. The van der Waals surface area contributed by atoms with Gasteiger partial charge in [0.15, 0.2) is 6.61 Å². The van der Waals surface area contributed by atoms with Crippen LogP contribution in [0.15, 0.2) is 103 Å². The van der Waals surface area contributed by atoms with Gasteiger partial charge >= 0.3 is 30.0 Å². The Bertz CT molecular complexity index is 2260. The van der Waals surface area contributed by atoms with Crippen LogP contribution in [0.2, 0.25) is 5.02 Å². The summed E-state index contributed by atoms with van der Waals surface area (Å²) in [5.74, 6) is -3.36. The molecule has 5 aromatic rings. The van der Waals surface area contributed by atoms with Crippen molar-refractivity contribution in [3.05, 3.63) is 125 Å². The number of carbonyl (C=O) groups is 4. The molecule has 1 saturated carbocycles. The predicted molar refractivity (Wildman–Crippen MR) is 209 cm³/mol. The second-order valence-electron chi connectivity index (χ2n) is 13.1. The van der Waals surface area contributed by atoms with Crippen LogP contribution in [0.1, 0.15) is 34.3 Å². The highest BCUT2D eigenvalue weighted by atomic mass is 35.5. The van der Waals surface area contributed by atoms with Crippen LogP contribution in [0, 0.1) is 0 Å². The lowest BCUT2D eigenvalue weighted by Gasteiger charge is -2.19. The molecular formula is C40H36ClF3N8O7. The number of amides is 3. The fourth-order valence-corrected chi connectivity index (χ4v) is 5.65. The third-order valence-electron chi connectivity index (χ3n) is 8.71. The van der Waals surface area contributed by atoms with Gasteiger partial charge in [0.1, 0.15) is 18.4 Å². The monoisotopic (exact) mass is 832 g/mol. The molecular weight excluding hydrogens is 797 g/mol. The van der Waals surface area contributed by atoms with Crippen molar-refractivity contribution in [2.45, 2.75) is 37.2 Å². The molecule has 0 radical (unpaired) electrons. The van der Waals surface area contributed by atoms with Gasteiger partial charge in [-0.05, 0) is 84.6 Å². The minimum Gasteiger partial charge on any atom is -0.489 e. The number of hydrogen-bond acceptors (Lipinski definition) is 12. The Labute approximate surface area is 340 Å². The first-order valence-electron chi connectivity index (χ1n) is 17.9. The Balaban J connectivity index is 1.04. The zero-order chi connectivity index (χ0) is 42.0. The number of methoxy groups -OCH3 is 1. The van der Waals surface area contributed by atoms with E-state index in [0.717, 1.165) is 18.2 Å². The van der Waals surface area contributed by atoms with Gasteiger partial charge in [0.05, 0.1) is 12.6 Å². The van der Waals surface area contributed by atoms with Gasteiger partial charge in [-0.15, -0.1) is 0 Å². The molecule has 0 aliphatic heterocycles. The fraction of sp³-hybridized carbons (Fsp3) is 0.225. The van der Waals surface area contributed by atoms with E-state index in [9.17, 15) is 32.3 Å². The Hall–Kier alpha value is -6.95. The lowest BCUT2D eigenvalue weighted by Crippen LogP contribution is -2.50. The first-order chi connectivity index (χ1) is 28.3. The minimum atomic E-state index is -4.65. The van der Waals surface area contributed by atoms with Crippen LogP contribution in [0.5, 0.6) is 11.8 Å². The summed E-state index contributed by atoms with van der Waals surface area (Å²) in [6, 6.07) is 26.7. The van der Waals surface area contributed by atoms with Gasteiger partial charge < -0.3 is 40.8 Å². The summed E-state index contributed by atoms with van der Waals surface area (Å²) in [5.41, 5.74) is 2.02. The first kappa shape index (κ1) is 41.7. The van der Waals surface area contributed by atoms with Gasteiger partial charge in [0.2, 0.25) is 11.9 Å². The van der Waals surface area contributed by atoms with Gasteiger partial charge in [-0.2, -0.15) is 28.1 Å². The molecule has 1 fully saturated rings. The number of anilines is 4. The van der Waals surface area contributed by atoms with E-state index < -0.39 is 60.6 Å². The average Bonchev–Trinajstić information content (AvgIpc) is 4.01. The SMILES string of the molecule is COC(=O)[C@H](CNC(=O)C(=O)Nc1ccc(OCc2ccccc2)cc1)NC(=O)c1ccc(Nc2nc(NC3(c4ccc(Cl)cc4)CC3)nc(OCC(F)(F)F)n2)cc1. The average molecular weight is 833 g/mol. The van der Waals surface area contributed by atoms with Gasteiger partial charge in [-0.25, -0.2) is 4.79 Å². The summed E-state index contributed by atoms with van der Waals surface area (Å²) in [4.78, 5) is 63.2. The molecule has 3 amide bonds. The number of rotatable bonds is 16. The Kier molecular flexibility index (Phi) is 13.1. The Morgan fingerprint density at radius 2 is 1.46 bits per heavy atom. The van der Waals surface area contributed by atoms with Gasteiger partial charge in [0.25, 0.3) is 5.91 Å². The highest BCUT2D eigenvalue weighted by molar-refractivity contribution is 6.39. The van der Waals surface area contributed by atoms with E-state index in [-0.39, 0.29) is 17.5 Å². The molecule has 59 heavy (non-hydrogen) atoms. The van der Waals surface area contributed by atoms with Crippen molar-refractivity contribution in [2.75, 3.05) is 36.2 Å². The Morgan fingerprint density at radius 3 is 2.10 bits per heavy atom. The lowest BCUT2D eigenvalue weighted by atomic mass is 10.1. The third kappa shape index (κ3) is 12.0. The number of esters is 1. The van der Waals surface area contributed by atoms with Crippen LogP contribution in [-0.4, -0.2) is 71.1 Å². The maximum Gasteiger partial charge on any atom is 0.422 e. The van der Waals surface area contributed by atoms with E-state index in [1.165, 1.54) is 24.3 Å². The number of alkyl halides is 3. The number of hydrogen-bond donors (Lipinski definition) is 5. The van der Waals surface area contributed by atoms with Crippen LogP contribution < -0.4 is 36.1 Å². The van der Waals surface area contributed by atoms with Crippen molar-refractivity contribution in [2.24, 2.45) is 0 Å². The number of aromatic nitrogens is 3. The molecule has 0 bridgehead atoms. The van der Waals surface area contributed by atoms with E-state index in [2.05, 4.69) is 41.5 Å². The van der Waals surface area contributed by atoms with E-state index in [1.54, 1.807) is 36.4 Å². The van der Waals surface area contributed by atoms with Crippen LogP contribution in [0.25, 0.3) is 0 Å². The zero-order valence-electron chi connectivity index (χ0n) is 31.1. The molecule has 4 aromatic carbocycles. The molecule has 0 unspecified atom stereocenters. The van der Waals surface area contributed by atoms with Crippen molar-refractivity contribution >= 4 is 58.6 Å². The maximum absolute atomic E-state index is 13.1. The summed E-state index contributed by atoms with van der Waals surface area (Å²) in [6.45, 7) is -1.77. The summed E-state index contributed by atoms with van der Waals surface area (Å²) in [5, 5.41) is 13.8. The van der Waals surface area contributed by atoms with E-state index >= 15 is 0 Å². The van der Waals surface area contributed by atoms with E-state index in [1.807, 2.05) is 42.5 Å². The van der Waals surface area contributed by atoms with E-state index in [0.29, 0.717) is 41.6 Å². The molecule has 6 rings (SSSR count). The smallest absolute Gasteiger partial charge is 0.422 e. The first-order valence-corrected chi connectivity index (χ1v) is 18.3. The molecule has 1 atom stereocenters. The molecule has 1 aliphatic rings. The van der Waals surface area contributed by atoms with Crippen LogP contribution >= 0.6 is 11.6 Å². The maximum atomic E-state index is 13.1. The third-order valence-corrected chi connectivity index (χ3v) is 8.96. The molecule has 19 heteroatoms. The van der Waals surface area contributed by atoms with Crippen molar-refractivity contribution < 1.29 is 46.6 Å². The highest BCUT2D eigenvalue weighted by Crippen LogP contribution is 2.48. The topological polar surface area (TPSA) is 195 Å². The van der Waals surface area contributed by atoms with Crippen molar-refractivity contribution in [1.29, 1.82) is 0 Å². The van der Waals surface area contributed by atoms with Crippen LogP contribution in [0.3, 0.4) is 0 Å². The van der Waals surface area contributed by atoms with Gasteiger partial charge in [-0.3, -0.25) is 14.4 Å². The number of ether oxygens (including phenoxy) is 3. The quantitative estimate of drug-likeness (QED) is 0.0583. The van der Waals surface area contributed by atoms with Crippen LogP contribution in [0.4, 0.5) is 36.4 Å². The summed E-state index contributed by atoms with van der Waals surface area (Å²) in [7, 11) is 1.09. The fourth-order valence-electron chi connectivity index (χ4n) is 5.52. The summed E-state index contributed by atoms with van der Waals surface area (Å²) in [6.07, 6.45) is -3.25. The standard InChI is InChI=1S/C40H36ClF3N8O7/c1-57-35(56)31(21-45-33(54)34(55)46-28-15-17-30(18-16-28)58-22-24-5-3-2-4-6-24)48-32(53)25-7-13-29(14-8-25)47-36-49-37(51-38(50-36)59-23-40(42,43)44)52-39(19-20-39)26-9-11-27(41)12-10-26/h2-18,31H,19-23H2,1H3,(H,45,54)(H,46,55)(H,48,53)(H2,47,49,50,51,52)/t31-/m0/s1. The van der Waals surface area contributed by atoms with E-state index in [4.69, 9.17) is 25.8 Å². The molecule has 1 aromatic heterocycles. The highest BCUT2D eigenvalue weighted by Gasteiger charge is 2.45. The minimum absolute atomic E-state index is 0.0412. The number of nitrogens with one attached hydrogen (secondary N) is 5. The summed E-state index contributed by atoms with van der Waals surface area (Å²) < 4.78 is 54.3. The van der Waals surface area contributed by atoms with Gasteiger partial charge in [-0.1, -0.05) is 54.1 Å². The zero-order valence-corrected chi connectivity index (χ0v) is 31.9. The molecule has 1 heterocycles. The second-order valence-corrected chi connectivity index (χ2v) is 13.5. The van der Waals surface area contributed by atoms with Crippen molar-refractivity contribution in [1.82, 2.24) is 25.6 Å². The predicted octanol–water partition coefficient (Wildman–Crippen LogP) is 5.92. The normalized spacial score (nSPS) is 13.2. The van der Waals surface area contributed by atoms with Gasteiger partial charge in [0, 0.05) is 28.5 Å².